The second-order valence-electron chi connectivity index (χ2n) is 5.81. The third kappa shape index (κ3) is 2.81. The molecule has 2 aliphatic rings. The molecule has 2 N–H and O–H groups in total. The minimum Gasteiger partial charge on any atom is -0.380 e. The van der Waals surface area contributed by atoms with E-state index in [0.717, 1.165) is 25.7 Å². The molecule has 0 radical (unpaired) electrons. The number of hydrogen-bond donors (Lipinski definition) is 1. The van der Waals surface area contributed by atoms with Crippen molar-refractivity contribution >= 4 is 0 Å². The van der Waals surface area contributed by atoms with Crippen molar-refractivity contribution < 1.29 is 4.74 Å². The first kappa shape index (κ1) is 13.3. The van der Waals surface area contributed by atoms with E-state index < -0.39 is 0 Å². The highest BCUT2D eigenvalue weighted by Crippen LogP contribution is 2.35. The number of ether oxygens (including phenoxy) is 1. The highest BCUT2D eigenvalue weighted by molar-refractivity contribution is 5.03. The zero-order chi connectivity index (χ0) is 12.5. The Balaban J connectivity index is 1.94. The van der Waals surface area contributed by atoms with E-state index in [-0.39, 0.29) is 11.6 Å². The van der Waals surface area contributed by atoms with E-state index in [2.05, 4.69) is 23.8 Å². The summed E-state index contributed by atoms with van der Waals surface area (Å²) in [6, 6.07) is 0.858. The first-order chi connectivity index (χ1) is 8.11. The Morgan fingerprint density at radius 3 is 2.76 bits per heavy atom. The summed E-state index contributed by atoms with van der Waals surface area (Å²) in [5.41, 5.74) is 6.24. The predicted molar refractivity (Wildman–Crippen MR) is 70.1 cm³/mol. The van der Waals surface area contributed by atoms with Gasteiger partial charge in [-0.3, -0.25) is 9.80 Å². The molecular weight excluding hydrogens is 214 g/mol. The Labute approximate surface area is 105 Å². The van der Waals surface area contributed by atoms with Crippen LogP contribution in [0.3, 0.4) is 0 Å². The molecule has 1 aliphatic heterocycles. The van der Waals surface area contributed by atoms with Crippen LogP contribution in [-0.4, -0.2) is 67.8 Å². The van der Waals surface area contributed by atoms with Crippen LogP contribution in [0.25, 0.3) is 0 Å². The smallest absolute Gasteiger partial charge is 0.0670 e. The Morgan fingerprint density at radius 1 is 1.53 bits per heavy atom. The molecule has 1 heterocycles. The predicted octanol–water partition coefficient (Wildman–Crippen LogP) is 0.519. The molecule has 0 spiro atoms. The van der Waals surface area contributed by atoms with Gasteiger partial charge in [0.25, 0.3) is 0 Å². The number of nitrogens with zero attached hydrogens (tertiary/aromatic N) is 2. The van der Waals surface area contributed by atoms with Gasteiger partial charge < -0.3 is 10.5 Å². The molecule has 1 aliphatic carbocycles. The maximum absolute atomic E-state index is 6.06. The highest BCUT2D eigenvalue weighted by atomic mass is 16.5. The third-order valence-corrected chi connectivity index (χ3v) is 4.55. The Kier molecular flexibility index (Phi) is 4.08. The zero-order valence-electron chi connectivity index (χ0n) is 11.5. The van der Waals surface area contributed by atoms with Crippen molar-refractivity contribution in [2.24, 2.45) is 5.73 Å². The fraction of sp³-hybridized carbons (Fsp3) is 1.00. The summed E-state index contributed by atoms with van der Waals surface area (Å²) in [6.45, 7) is 6.19. The Morgan fingerprint density at radius 2 is 2.24 bits per heavy atom. The van der Waals surface area contributed by atoms with Crippen LogP contribution >= 0.6 is 0 Å². The van der Waals surface area contributed by atoms with E-state index >= 15 is 0 Å². The molecule has 1 saturated heterocycles. The molecule has 2 atom stereocenters. The van der Waals surface area contributed by atoms with Gasteiger partial charge in [-0.05, 0) is 33.2 Å². The maximum Gasteiger partial charge on any atom is 0.0670 e. The van der Waals surface area contributed by atoms with Gasteiger partial charge in [0.1, 0.15) is 0 Å². The molecule has 0 aromatic carbocycles. The maximum atomic E-state index is 6.06. The SMILES string of the molecule is COC(C)CN(C)C1(CN)CCN(C2CC2)C1. The van der Waals surface area contributed by atoms with Gasteiger partial charge in [-0.1, -0.05) is 0 Å². The van der Waals surface area contributed by atoms with E-state index in [1.54, 1.807) is 7.11 Å². The molecule has 0 amide bonds. The van der Waals surface area contributed by atoms with Crippen LogP contribution in [0, 0.1) is 0 Å². The first-order valence-corrected chi connectivity index (χ1v) is 6.79. The molecule has 1 saturated carbocycles. The van der Waals surface area contributed by atoms with Crippen molar-refractivity contribution in [2.45, 2.75) is 43.9 Å². The van der Waals surface area contributed by atoms with Crippen molar-refractivity contribution in [1.82, 2.24) is 9.80 Å². The molecule has 2 rings (SSSR count). The monoisotopic (exact) mass is 241 g/mol. The number of hydrogen-bond acceptors (Lipinski definition) is 4. The lowest BCUT2D eigenvalue weighted by atomic mass is 9.96. The second-order valence-corrected chi connectivity index (χ2v) is 5.81. The lowest BCUT2D eigenvalue weighted by Crippen LogP contribution is -2.55. The van der Waals surface area contributed by atoms with E-state index in [9.17, 15) is 0 Å². The van der Waals surface area contributed by atoms with E-state index in [4.69, 9.17) is 10.5 Å². The average Bonchev–Trinajstić information content (AvgIpc) is 3.09. The van der Waals surface area contributed by atoms with Crippen LogP contribution in [0.15, 0.2) is 0 Å². The van der Waals surface area contributed by atoms with Crippen LogP contribution < -0.4 is 5.73 Å². The summed E-state index contributed by atoms with van der Waals surface area (Å²) in [7, 11) is 3.97. The van der Waals surface area contributed by atoms with Gasteiger partial charge in [0.15, 0.2) is 0 Å². The van der Waals surface area contributed by atoms with Crippen LogP contribution in [-0.2, 0) is 4.74 Å². The summed E-state index contributed by atoms with van der Waals surface area (Å²) in [6.07, 6.45) is 4.25. The summed E-state index contributed by atoms with van der Waals surface area (Å²) in [4.78, 5) is 5.05. The minimum absolute atomic E-state index is 0.176. The molecule has 100 valence electrons. The van der Waals surface area contributed by atoms with Crippen LogP contribution in [0.1, 0.15) is 26.2 Å². The number of nitrogens with two attached hydrogens (primary N) is 1. The van der Waals surface area contributed by atoms with Gasteiger partial charge in [-0.2, -0.15) is 0 Å². The molecule has 4 nitrogen and oxygen atoms in total. The zero-order valence-corrected chi connectivity index (χ0v) is 11.5. The largest absolute Gasteiger partial charge is 0.380 e. The summed E-state index contributed by atoms with van der Waals surface area (Å²) >= 11 is 0. The number of rotatable bonds is 6. The van der Waals surface area contributed by atoms with E-state index in [1.165, 1.54) is 25.8 Å². The van der Waals surface area contributed by atoms with Gasteiger partial charge >= 0.3 is 0 Å². The molecule has 17 heavy (non-hydrogen) atoms. The lowest BCUT2D eigenvalue weighted by Gasteiger charge is -2.39. The van der Waals surface area contributed by atoms with Crippen molar-refractivity contribution in [2.75, 3.05) is 40.3 Å². The van der Waals surface area contributed by atoms with Crippen molar-refractivity contribution in [1.29, 1.82) is 0 Å². The fourth-order valence-electron chi connectivity index (χ4n) is 2.93. The van der Waals surface area contributed by atoms with Crippen LogP contribution in [0.2, 0.25) is 0 Å². The number of methoxy groups -OCH3 is 1. The van der Waals surface area contributed by atoms with Crippen LogP contribution in [0.4, 0.5) is 0 Å². The molecule has 2 fully saturated rings. The van der Waals surface area contributed by atoms with Gasteiger partial charge in [0, 0.05) is 44.9 Å². The Bertz CT molecular complexity index is 257. The first-order valence-electron chi connectivity index (χ1n) is 6.79. The van der Waals surface area contributed by atoms with E-state index in [1.807, 2.05) is 0 Å². The summed E-state index contributed by atoms with van der Waals surface area (Å²) in [5.74, 6) is 0. The molecular formula is C13H27N3O. The lowest BCUT2D eigenvalue weighted by molar-refractivity contribution is 0.0412. The topological polar surface area (TPSA) is 41.7 Å². The normalized spacial score (nSPS) is 32.3. The van der Waals surface area contributed by atoms with Gasteiger partial charge in [0.2, 0.25) is 0 Å². The van der Waals surface area contributed by atoms with Gasteiger partial charge in [0.05, 0.1) is 6.10 Å². The molecule has 2 unspecified atom stereocenters. The molecule has 0 aromatic rings. The number of likely N-dealkylation sites (N-methyl/N-ethyl adjacent to an activating group) is 1. The van der Waals surface area contributed by atoms with Crippen LogP contribution in [0.5, 0.6) is 0 Å². The average molecular weight is 241 g/mol. The molecule has 0 bridgehead atoms. The summed E-state index contributed by atoms with van der Waals surface area (Å²) in [5, 5.41) is 0. The van der Waals surface area contributed by atoms with Gasteiger partial charge in [-0.15, -0.1) is 0 Å². The molecule has 0 aromatic heterocycles. The standard InChI is InChI=1S/C13H27N3O/c1-11(17-3)8-15(2)13(9-14)6-7-16(10-13)12-4-5-12/h11-12H,4-10,14H2,1-3H3. The Hall–Kier alpha value is -0.160. The highest BCUT2D eigenvalue weighted by Gasteiger charge is 2.44. The summed E-state index contributed by atoms with van der Waals surface area (Å²) < 4.78 is 5.36. The van der Waals surface area contributed by atoms with Gasteiger partial charge in [-0.25, -0.2) is 0 Å². The number of likely N-dealkylation sites (tertiary alicyclic amines) is 1. The van der Waals surface area contributed by atoms with Crippen molar-refractivity contribution in [3.05, 3.63) is 0 Å². The molecule has 4 heteroatoms. The van der Waals surface area contributed by atoms with Crippen molar-refractivity contribution in [3.8, 4) is 0 Å². The quantitative estimate of drug-likeness (QED) is 0.736. The fourth-order valence-corrected chi connectivity index (χ4v) is 2.93. The van der Waals surface area contributed by atoms with Crippen molar-refractivity contribution in [3.63, 3.8) is 0 Å². The second kappa shape index (κ2) is 5.22. The van der Waals surface area contributed by atoms with E-state index in [0.29, 0.717) is 0 Å². The minimum atomic E-state index is 0.176. The third-order valence-electron chi connectivity index (χ3n) is 4.55.